The molecule has 1 aromatic rings. The van der Waals surface area contributed by atoms with Crippen molar-refractivity contribution in [2.24, 2.45) is 0 Å². The van der Waals surface area contributed by atoms with E-state index in [-0.39, 0.29) is 17.9 Å². The van der Waals surface area contributed by atoms with Crippen molar-refractivity contribution in [1.82, 2.24) is 4.90 Å². The van der Waals surface area contributed by atoms with Gasteiger partial charge < -0.3 is 9.64 Å². The van der Waals surface area contributed by atoms with Crippen LogP contribution < -0.4 is 4.74 Å². The van der Waals surface area contributed by atoms with E-state index in [1.165, 1.54) is 17.0 Å². The number of alkyl halides is 2. The molecular formula is C16H13F3N2O. The molecule has 0 unspecified atom stereocenters. The Hall–Kier alpha value is -2.68. The molecule has 0 N–H and O–H groups in total. The van der Waals surface area contributed by atoms with Crippen molar-refractivity contribution < 1.29 is 17.9 Å². The monoisotopic (exact) mass is 306 g/mol. The van der Waals surface area contributed by atoms with Crippen LogP contribution in [0.25, 0.3) is 5.70 Å². The van der Waals surface area contributed by atoms with Gasteiger partial charge in [0.05, 0.1) is 12.2 Å². The molecule has 0 aliphatic carbocycles. The largest absolute Gasteiger partial charge is 0.479 e. The fraction of sp³-hybridized carbons (Fsp3) is 0.188. The number of nitriles is 1. The first-order valence-electron chi connectivity index (χ1n) is 6.45. The molecular weight excluding hydrogens is 293 g/mol. The summed E-state index contributed by atoms with van der Waals surface area (Å²) in [6, 6.07) is 5.81. The summed E-state index contributed by atoms with van der Waals surface area (Å²) >= 11 is 0. The number of allylic oxidation sites excluding steroid dienone is 3. The molecule has 22 heavy (non-hydrogen) atoms. The molecule has 1 heterocycles. The summed E-state index contributed by atoms with van der Waals surface area (Å²) < 4.78 is 44.6. The molecule has 0 atom stereocenters. The number of hydrogen-bond donors (Lipinski definition) is 0. The predicted octanol–water partition coefficient (Wildman–Crippen LogP) is 3.72. The van der Waals surface area contributed by atoms with Gasteiger partial charge in [-0.05, 0) is 24.3 Å². The van der Waals surface area contributed by atoms with Crippen LogP contribution in [0.4, 0.5) is 13.2 Å². The van der Waals surface area contributed by atoms with Crippen LogP contribution in [-0.4, -0.2) is 24.5 Å². The van der Waals surface area contributed by atoms with Crippen molar-refractivity contribution in [2.75, 3.05) is 13.2 Å². The number of hydrogen-bond acceptors (Lipinski definition) is 3. The average Bonchev–Trinajstić information content (AvgIpc) is 2.47. The highest BCUT2D eigenvalue weighted by molar-refractivity contribution is 5.70. The maximum absolute atomic E-state index is 14.2. The molecule has 0 saturated carbocycles. The smallest absolute Gasteiger partial charge is 0.256 e. The minimum absolute atomic E-state index is 0.162. The van der Waals surface area contributed by atoms with Crippen molar-refractivity contribution in [3.05, 3.63) is 60.1 Å². The molecule has 0 aromatic heterocycles. The molecule has 3 nitrogen and oxygen atoms in total. The van der Waals surface area contributed by atoms with Gasteiger partial charge in [-0.25, -0.2) is 13.2 Å². The third-order valence-electron chi connectivity index (χ3n) is 3.02. The molecule has 1 aliphatic rings. The zero-order chi connectivity index (χ0) is 16.1. The van der Waals surface area contributed by atoms with Crippen LogP contribution >= 0.6 is 0 Å². The molecule has 0 radical (unpaired) electrons. The Morgan fingerprint density at radius 3 is 2.77 bits per heavy atom. The molecule has 0 saturated heterocycles. The number of halogens is 3. The molecule has 1 aromatic carbocycles. The fourth-order valence-corrected chi connectivity index (χ4v) is 2.08. The first-order valence-corrected chi connectivity index (χ1v) is 6.45. The Morgan fingerprint density at radius 1 is 1.36 bits per heavy atom. The van der Waals surface area contributed by atoms with Crippen molar-refractivity contribution in [1.29, 1.82) is 5.26 Å². The third-order valence-corrected chi connectivity index (χ3v) is 3.02. The SMILES string of the molecule is C=C1C=CC=C(c2ccc(OCC#N)cc2F)N1CC(F)F. The highest BCUT2D eigenvalue weighted by Crippen LogP contribution is 2.31. The predicted molar refractivity (Wildman–Crippen MR) is 76.5 cm³/mol. The van der Waals surface area contributed by atoms with E-state index in [4.69, 9.17) is 10.00 Å². The summed E-state index contributed by atoms with van der Waals surface area (Å²) in [5, 5.41) is 8.43. The Kier molecular flexibility index (Phi) is 4.89. The van der Waals surface area contributed by atoms with Gasteiger partial charge in [0.25, 0.3) is 6.43 Å². The van der Waals surface area contributed by atoms with Crippen LogP contribution in [0, 0.1) is 17.1 Å². The van der Waals surface area contributed by atoms with Crippen LogP contribution in [-0.2, 0) is 0 Å². The number of nitrogens with zero attached hydrogens (tertiary/aromatic N) is 2. The molecule has 114 valence electrons. The summed E-state index contributed by atoms with van der Waals surface area (Å²) in [7, 11) is 0. The first-order chi connectivity index (χ1) is 10.5. The zero-order valence-electron chi connectivity index (χ0n) is 11.6. The Balaban J connectivity index is 2.32. The van der Waals surface area contributed by atoms with E-state index >= 15 is 0 Å². The lowest BCUT2D eigenvalue weighted by molar-refractivity contribution is 0.123. The minimum Gasteiger partial charge on any atom is -0.479 e. The second kappa shape index (κ2) is 6.85. The van der Waals surface area contributed by atoms with Crippen molar-refractivity contribution >= 4 is 5.70 Å². The molecule has 1 aliphatic heterocycles. The quantitative estimate of drug-likeness (QED) is 0.832. The second-order valence-corrected chi connectivity index (χ2v) is 4.49. The van der Waals surface area contributed by atoms with E-state index in [1.54, 1.807) is 24.3 Å². The lowest BCUT2D eigenvalue weighted by atomic mass is 10.1. The maximum atomic E-state index is 14.2. The van der Waals surface area contributed by atoms with Crippen molar-refractivity contribution in [3.8, 4) is 11.8 Å². The zero-order valence-corrected chi connectivity index (χ0v) is 11.6. The lowest BCUT2D eigenvalue weighted by Crippen LogP contribution is -2.27. The van der Waals surface area contributed by atoms with Gasteiger partial charge in [0, 0.05) is 17.3 Å². The Bertz CT molecular complexity index is 674. The maximum Gasteiger partial charge on any atom is 0.256 e. The normalized spacial score (nSPS) is 14.0. The van der Waals surface area contributed by atoms with Gasteiger partial charge in [0.2, 0.25) is 0 Å². The van der Waals surface area contributed by atoms with Gasteiger partial charge in [-0.1, -0.05) is 12.7 Å². The van der Waals surface area contributed by atoms with Gasteiger partial charge in [-0.3, -0.25) is 0 Å². The molecule has 0 bridgehead atoms. The second-order valence-electron chi connectivity index (χ2n) is 4.49. The summed E-state index contributed by atoms with van der Waals surface area (Å²) in [4.78, 5) is 1.26. The Labute approximate surface area is 126 Å². The van der Waals surface area contributed by atoms with Gasteiger partial charge in [0.15, 0.2) is 6.61 Å². The highest BCUT2D eigenvalue weighted by Gasteiger charge is 2.22. The fourth-order valence-electron chi connectivity index (χ4n) is 2.08. The first kappa shape index (κ1) is 15.7. The van der Waals surface area contributed by atoms with Crippen molar-refractivity contribution in [3.63, 3.8) is 0 Å². The third kappa shape index (κ3) is 3.50. The van der Waals surface area contributed by atoms with Crippen LogP contribution in [0.3, 0.4) is 0 Å². The van der Waals surface area contributed by atoms with Gasteiger partial charge >= 0.3 is 0 Å². The van der Waals surface area contributed by atoms with Crippen LogP contribution in [0.1, 0.15) is 5.56 Å². The molecule has 0 amide bonds. The van der Waals surface area contributed by atoms with E-state index in [9.17, 15) is 13.2 Å². The molecule has 6 heteroatoms. The van der Waals surface area contributed by atoms with E-state index in [0.717, 1.165) is 6.07 Å². The van der Waals surface area contributed by atoms with Gasteiger partial charge in [-0.15, -0.1) is 0 Å². The van der Waals surface area contributed by atoms with Gasteiger partial charge in [0.1, 0.15) is 17.6 Å². The Morgan fingerprint density at radius 2 is 2.14 bits per heavy atom. The molecule has 0 fully saturated rings. The average molecular weight is 306 g/mol. The summed E-state index contributed by atoms with van der Waals surface area (Å²) in [5.41, 5.74) is 0.828. The van der Waals surface area contributed by atoms with Crippen LogP contribution in [0.2, 0.25) is 0 Å². The van der Waals surface area contributed by atoms with E-state index in [2.05, 4.69) is 6.58 Å². The van der Waals surface area contributed by atoms with Crippen molar-refractivity contribution in [2.45, 2.75) is 6.43 Å². The number of rotatable bonds is 5. The standard InChI is InChI=1S/C16H13F3N2O/c1-11-3-2-4-15(21(11)10-16(18)19)13-6-5-12(9-14(13)17)22-8-7-20/h2-6,9,16H,1,8,10H2. The van der Waals surface area contributed by atoms with E-state index < -0.39 is 18.8 Å². The summed E-state index contributed by atoms with van der Waals surface area (Å²) in [5.74, 6) is -0.418. The minimum atomic E-state index is -2.58. The van der Waals surface area contributed by atoms with Crippen LogP contribution in [0.15, 0.2) is 48.7 Å². The molecule has 0 spiro atoms. The topological polar surface area (TPSA) is 36.3 Å². The van der Waals surface area contributed by atoms with E-state index in [1.807, 2.05) is 0 Å². The van der Waals surface area contributed by atoms with Gasteiger partial charge in [-0.2, -0.15) is 5.26 Å². The van der Waals surface area contributed by atoms with E-state index in [0.29, 0.717) is 11.4 Å². The number of ether oxygens (including phenoxy) is 1. The summed E-state index contributed by atoms with van der Waals surface area (Å²) in [6.07, 6.45) is 2.17. The number of benzene rings is 1. The summed E-state index contributed by atoms with van der Waals surface area (Å²) in [6.45, 7) is 2.93. The molecule has 2 rings (SSSR count). The lowest BCUT2D eigenvalue weighted by Gasteiger charge is -2.30. The highest BCUT2D eigenvalue weighted by atomic mass is 19.3. The van der Waals surface area contributed by atoms with Crippen LogP contribution in [0.5, 0.6) is 5.75 Å².